The Hall–Kier alpha value is -1.65. The largest absolute Gasteiger partial charge is 0.432 e. The summed E-state index contributed by atoms with van der Waals surface area (Å²) in [5, 5.41) is 2.36. The monoisotopic (exact) mass is 182 g/mol. The number of aryl methyl sites for hydroxylation is 1. The van der Waals surface area contributed by atoms with E-state index in [0.717, 1.165) is 0 Å². The lowest BCUT2D eigenvalue weighted by Gasteiger charge is -1.96. The standard InChI is InChI=1S/C8H10N2O3/c1-5-4-13-8(9-5)10-7(12)3-6(2)11/h4H,3H2,1-2H3,(H,9,10,12). The Morgan fingerprint density at radius 1 is 1.62 bits per heavy atom. The zero-order valence-electron chi connectivity index (χ0n) is 7.46. The van der Waals surface area contributed by atoms with Gasteiger partial charge in [-0.1, -0.05) is 0 Å². The second-order valence-corrected chi connectivity index (χ2v) is 2.72. The molecule has 1 rings (SSSR count). The van der Waals surface area contributed by atoms with Gasteiger partial charge in [-0.25, -0.2) is 0 Å². The van der Waals surface area contributed by atoms with Crippen LogP contribution in [-0.4, -0.2) is 16.7 Å². The van der Waals surface area contributed by atoms with Crippen LogP contribution in [0.5, 0.6) is 0 Å². The van der Waals surface area contributed by atoms with E-state index in [1.807, 2.05) is 0 Å². The van der Waals surface area contributed by atoms with Gasteiger partial charge in [-0.3, -0.25) is 14.9 Å². The molecule has 1 amide bonds. The van der Waals surface area contributed by atoms with E-state index in [2.05, 4.69) is 10.3 Å². The lowest BCUT2D eigenvalue weighted by molar-refractivity contribution is -0.124. The van der Waals surface area contributed by atoms with Crippen LogP contribution < -0.4 is 5.32 Å². The fourth-order valence-electron chi connectivity index (χ4n) is 0.801. The summed E-state index contributed by atoms with van der Waals surface area (Å²) in [5.74, 6) is -0.602. The van der Waals surface area contributed by atoms with Crippen molar-refractivity contribution >= 4 is 17.7 Å². The van der Waals surface area contributed by atoms with Crippen LogP contribution in [0.3, 0.4) is 0 Å². The molecule has 1 N–H and O–H groups in total. The summed E-state index contributed by atoms with van der Waals surface area (Å²) in [6.45, 7) is 3.09. The first-order valence-corrected chi connectivity index (χ1v) is 3.79. The molecule has 0 spiro atoms. The maximum atomic E-state index is 11.0. The molecule has 70 valence electrons. The Labute approximate surface area is 75.1 Å². The van der Waals surface area contributed by atoms with Crippen molar-refractivity contribution in [2.45, 2.75) is 20.3 Å². The van der Waals surface area contributed by atoms with Gasteiger partial charge in [0.15, 0.2) is 0 Å². The van der Waals surface area contributed by atoms with E-state index >= 15 is 0 Å². The van der Waals surface area contributed by atoms with E-state index in [1.54, 1.807) is 6.92 Å². The van der Waals surface area contributed by atoms with E-state index in [-0.39, 0.29) is 18.2 Å². The summed E-state index contributed by atoms with van der Waals surface area (Å²) in [5.41, 5.74) is 0.679. The number of carbonyl (C=O) groups excluding carboxylic acids is 2. The van der Waals surface area contributed by atoms with E-state index in [1.165, 1.54) is 13.2 Å². The Kier molecular flexibility index (Phi) is 2.79. The van der Waals surface area contributed by atoms with E-state index in [0.29, 0.717) is 5.69 Å². The minimum absolute atomic E-state index is 0.128. The number of amides is 1. The third-order valence-corrected chi connectivity index (χ3v) is 1.27. The summed E-state index contributed by atoms with van der Waals surface area (Å²) >= 11 is 0. The number of aromatic nitrogens is 1. The van der Waals surface area contributed by atoms with Gasteiger partial charge in [0, 0.05) is 0 Å². The molecule has 5 heteroatoms. The Bertz CT molecular complexity index is 330. The minimum atomic E-state index is -0.408. The summed E-state index contributed by atoms with van der Waals surface area (Å²) in [6.07, 6.45) is 1.27. The van der Waals surface area contributed by atoms with Crippen LogP contribution in [0.1, 0.15) is 19.0 Å². The average Bonchev–Trinajstić information content (AvgIpc) is 2.33. The molecule has 1 aromatic heterocycles. The van der Waals surface area contributed by atoms with Crippen LogP contribution in [0.2, 0.25) is 0 Å². The van der Waals surface area contributed by atoms with Crippen molar-refractivity contribution in [3.8, 4) is 0 Å². The number of nitrogens with one attached hydrogen (secondary N) is 1. The lowest BCUT2D eigenvalue weighted by atomic mass is 10.3. The molecule has 0 atom stereocenters. The van der Waals surface area contributed by atoms with Crippen molar-refractivity contribution in [1.82, 2.24) is 4.98 Å². The maximum Gasteiger partial charge on any atom is 0.301 e. The highest BCUT2D eigenvalue weighted by Gasteiger charge is 2.08. The second kappa shape index (κ2) is 3.84. The first-order valence-electron chi connectivity index (χ1n) is 3.79. The highest BCUT2D eigenvalue weighted by atomic mass is 16.4. The molecule has 0 radical (unpaired) electrons. The molecule has 0 saturated carbocycles. The van der Waals surface area contributed by atoms with Crippen molar-refractivity contribution in [3.63, 3.8) is 0 Å². The fraction of sp³-hybridized carbons (Fsp3) is 0.375. The summed E-state index contributed by atoms with van der Waals surface area (Å²) < 4.78 is 4.86. The molecule has 1 aromatic rings. The zero-order chi connectivity index (χ0) is 9.84. The quantitative estimate of drug-likeness (QED) is 0.705. The van der Waals surface area contributed by atoms with Crippen molar-refractivity contribution in [2.24, 2.45) is 0 Å². The van der Waals surface area contributed by atoms with Gasteiger partial charge in [-0.05, 0) is 13.8 Å². The molecule has 0 aliphatic carbocycles. The number of rotatable bonds is 3. The molecule has 5 nitrogen and oxygen atoms in total. The third-order valence-electron chi connectivity index (χ3n) is 1.27. The van der Waals surface area contributed by atoms with E-state index in [4.69, 9.17) is 4.42 Å². The Balaban J connectivity index is 2.50. The average molecular weight is 182 g/mol. The lowest BCUT2D eigenvalue weighted by Crippen LogP contribution is -2.14. The van der Waals surface area contributed by atoms with Gasteiger partial charge in [0.05, 0.1) is 12.1 Å². The number of ketones is 1. The number of nitrogens with zero attached hydrogens (tertiary/aromatic N) is 1. The number of anilines is 1. The predicted molar refractivity (Wildman–Crippen MR) is 45.2 cm³/mol. The van der Waals surface area contributed by atoms with Crippen LogP contribution in [0, 0.1) is 6.92 Å². The van der Waals surface area contributed by atoms with Crippen molar-refractivity contribution in [2.75, 3.05) is 5.32 Å². The highest BCUT2D eigenvalue weighted by Crippen LogP contribution is 2.05. The van der Waals surface area contributed by atoms with Crippen LogP contribution in [-0.2, 0) is 9.59 Å². The third kappa shape index (κ3) is 3.06. The summed E-state index contributed by atoms with van der Waals surface area (Å²) in [4.78, 5) is 25.4. The van der Waals surface area contributed by atoms with Crippen LogP contribution in [0.15, 0.2) is 10.7 Å². The Morgan fingerprint density at radius 3 is 2.77 bits per heavy atom. The smallest absolute Gasteiger partial charge is 0.301 e. The molecule has 0 fully saturated rings. The van der Waals surface area contributed by atoms with Crippen molar-refractivity contribution in [3.05, 3.63) is 12.0 Å². The van der Waals surface area contributed by atoms with Gasteiger partial charge in [-0.15, -0.1) is 0 Å². The topological polar surface area (TPSA) is 72.2 Å². The van der Waals surface area contributed by atoms with Gasteiger partial charge in [-0.2, -0.15) is 4.98 Å². The SMILES string of the molecule is CC(=O)CC(=O)Nc1nc(C)co1. The summed E-state index contributed by atoms with van der Waals surface area (Å²) in [6, 6.07) is 0.128. The number of oxazole rings is 1. The highest BCUT2D eigenvalue weighted by molar-refractivity contribution is 6.02. The van der Waals surface area contributed by atoms with Crippen LogP contribution in [0.25, 0.3) is 0 Å². The zero-order valence-corrected chi connectivity index (χ0v) is 7.46. The summed E-state index contributed by atoms with van der Waals surface area (Å²) in [7, 11) is 0. The van der Waals surface area contributed by atoms with Gasteiger partial charge >= 0.3 is 6.01 Å². The van der Waals surface area contributed by atoms with E-state index < -0.39 is 5.91 Å². The molecule has 0 saturated heterocycles. The molecule has 0 aliphatic rings. The number of hydrogen-bond acceptors (Lipinski definition) is 4. The van der Waals surface area contributed by atoms with Gasteiger partial charge in [0.25, 0.3) is 0 Å². The van der Waals surface area contributed by atoms with Gasteiger partial charge in [0.2, 0.25) is 5.91 Å². The molecule has 0 unspecified atom stereocenters. The number of hydrogen-bond donors (Lipinski definition) is 1. The molecule has 0 aliphatic heterocycles. The van der Waals surface area contributed by atoms with Crippen LogP contribution in [0.4, 0.5) is 6.01 Å². The van der Waals surface area contributed by atoms with Crippen molar-refractivity contribution < 1.29 is 14.0 Å². The fourth-order valence-corrected chi connectivity index (χ4v) is 0.801. The molecular weight excluding hydrogens is 172 g/mol. The number of carbonyl (C=O) groups is 2. The second-order valence-electron chi connectivity index (χ2n) is 2.72. The van der Waals surface area contributed by atoms with Gasteiger partial charge in [0.1, 0.15) is 12.0 Å². The van der Waals surface area contributed by atoms with Crippen molar-refractivity contribution in [1.29, 1.82) is 0 Å². The normalized spacial score (nSPS) is 9.69. The number of Topliss-reactive ketones (excluding diaryl/α,β-unsaturated/α-hetero) is 1. The minimum Gasteiger partial charge on any atom is -0.432 e. The molecule has 1 heterocycles. The first-order chi connectivity index (χ1) is 6.08. The molecule has 13 heavy (non-hydrogen) atoms. The van der Waals surface area contributed by atoms with E-state index in [9.17, 15) is 9.59 Å². The first kappa shape index (κ1) is 9.44. The Morgan fingerprint density at radius 2 is 2.31 bits per heavy atom. The molecule has 0 aromatic carbocycles. The molecule has 0 bridgehead atoms. The molecular formula is C8H10N2O3. The maximum absolute atomic E-state index is 11.0. The predicted octanol–water partition coefficient (Wildman–Crippen LogP) is 0.901. The van der Waals surface area contributed by atoms with Crippen LogP contribution >= 0.6 is 0 Å². The van der Waals surface area contributed by atoms with Gasteiger partial charge < -0.3 is 4.42 Å².